The molecule has 168 valence electrons. The van der Waals surface area contributed by atoms with Crippen molar-refractivity contribution < 1.29 is 4.79 Å². The van der Waals surface area contributed by atoms with Gasteiger partial charge in [0.2, 0.25) is 5.91 Å². The molecule has 1 aliphatic heterocycles. The van der Waals surface area contributed by atoms with Crippen molar-refractivity contribution in [2.24, 2.45) is 0 Å². The van der Waals surface area contributed by atoms with Crippen LogP contribution in [0.4, 0.5) is 5.69 Å². The molecule has 2 aromatic carbocycles. The highest BCUT2D eigenvalue weighted by Gasteiger charge is 2.23. The van der Waals surface area contributed by atoms with E-state index in [9.17, 15) is 4.79 Å². The Labute approximate surface area is 202 Å². The number of halogens is 2. The van der Waals surface area contributed by atoms with Crippen LogP contribution in [0.2, 0.25) is 10.0 Å². The summed E-state index contributed by atoms with van der Waals surface area (Å²) in [6.07, 6.45) is 3.71. The van der Waals surface area contributed by atoms with E-state index < -0.39 is 5.25 Å². The molecule has 9 heteroatoms. The third kappa shape index (κ3) is 5.46. The van der Waals surface area contributed by atoms with Gasteiger partial charge in [-0.1, -0.05) is 65.7 Å². The van der Waals surface area contributed by atoms with E-state index in [1.54, 1.807) is 18.2 Å². The Morgan fingerprint density at radius 2 is 1.81 bits per heavy atom. The first kappa shape index (κ1) is 23.1. The molecule has 0 saturated carbocycles. The second kappa shape index (κ2) is 10.7. The lowest BCUT2D eigenvalue weighted by Crippen LogP contribution is -2.30. The zero-order chi connectivity index (χ0) is 22.5. The summed E-state index contributed by atoms with van der Waals surface area (Å²) >= 11 is 13.7. The first-order valence-corrected chi connectivity index (χ1v) is 12.3. The molecule has 6 nitrogen and oxygen atoms in total. The first-order valence-electron chi connectivity index (χ1n) is 10.7. The highest BCUT2D eigenvalue weighted by Crippen LogP contribution is 2.31. The highest BCUT2D eigenvalue weighted by atomic mass is 35.5. The smallest absolute Gasteiger partial charge is 0.237 e. The third-order valence-electron chi connectivity index (χ3n) is 5.39. The summed E-state index contributed by atoms with van der Waals surface area (Å²) in [5.74, 6) is 0.699. The van der Waals surface area contributed by atoms with Gasteiger partial charge >= 0.3 is 0 Å². The third-order valence-corrected chi connectivity index (χ3v) is 7.25. The quantitative estimate of drug-likeness (QED) is 0.432. The molecule has 4 rings (SSSR count). The van der Waals surface area contributed by atoms with Crippen molar-refractivity contribution in [3.63, 3.8) is 0 Å². The number of para-hydroxylation sites is 1. The van der Waals surface area contributed by atoms with Crippen molar-refractivity contribution in [1.82, 2.24) is 19.7 Å². The van der Waals surface area contributed by atoms with Crippen LogP contribution in [0, 0.1) is 0 Å². The molecule has 0 spiro atoms. The van der Waals surface area contributed by atoms with E-state index in [4.69, 9.17) is 23.2 Å². The van der Waals surface area contributed by atoms with Gasteiger partial charge in [-0.25, -0.2) is 0 Å². The van der Waals surface area contributed by atoms with Gasteiger partial charge in [-0.05, 0) is 57.1 Å². The van der Waals surface area contributed by atoms with E-state index in [1.807, 2.05) is 37.3 Å². The second-order valence-corrected chi connectivity index (χ2v) is 9.85. The number of nitrogens with one attached hydrogen (secondary N) is 1. The van der Waals surface area contributed by atoms with Crippen LogP contribution in [0.15, 0.2) is 53.7 Å². The molecule has 1 unspecified atom stereocenters. The molecule has 3 aromatic rings. The SMILES string of the molecule is CC(Sc1nnc(CN2CCCCC2)n1-c1ccccc1)C(=O)Nc1cccc(Cl)c1Cl. The summed E-state index contributed by atoms with van der Waals surface area (Å²) in [5, 5.41) is 12.8. The fourth-order valence-corrected chi connectivity index (χ4v) is 4.91. The summed E-state index contributed by atoms with van der Waals surface area (Å²) in [6.45, 7) is 4.72. The van der Waals surface area contributed by atoms with Crippen molar-refractivity contribution in [1.29, 1.82) is 0 Å². The Balaban J connectivity index is 1.54. The van der Waals surface area contributed by atoms with Crippen molar-refractivity contribution in [2.75, 3.05) is 18.4 Å². The van der Waals surface area contributed by atoms with Gasteiger partial charge in [-0.15, -0.1) is 10.2 Å². The van der Waals surface area contributed by atoms with Crippen LogP contribution in [0.3, 0.4) is 0 Å². The number of hydrogen-bond donors (Lipinski definition) is 1. The minimum absolute atomic E-state index is 0.181. The molecule has 1 saturated heterocycles. The Morgan fingerprint density at radius 1 is 1.06 bits per heavy atom. The lowest BCUT2D eigenvalue weighted by molar-refractivity contribution is -0.115. The maximum Gasteiger partial charge on any atom is 0.237 e. The van der Waals surface area contributed by atoms with Crippen molar-refractivity contribution in [3.8, 4) is 5.69 Å². The molecule has 2 heterocycles. The van der Waals surface area contributed by atoms with Crippen LogP contribution in [0.1, 0.15) is 32.0 Å². The number of hydrogen-bond acceptors (Lipinski definition) is 5. The largest absolute Gasteiger partial charge is 0.324 e. The number of aromatic nitrogens is 3. The van der Waals surface area contributed by atoms with E-state index in [0.29, 0.717) is 20.9 Å². The lowest BCUT2D eigenvalue weighted by Gasteiger charge is -2.26. The van der Waals surface area contributed by atoms with Crippen LogP contribution in [-0.2, 0) is 11.3 Å². The summed E-state index contributed by atoms with van der Waals surface area (Å²) in [7, 11) is 0. The van der Waals surface area contributed by atoms with Gasteiger partial charge in [0.05, 0.1) is 27.5 Å². The van der Waals surface area contributed by atoms with Gasteiger partial charge in [0.1, 0.15) is 0 Å². The number of thioether (sulfide) groups is 1. The van der Waals surface area contributed by atoms with E-state index in [0.717, 1.165) is 31.1 Å². The minimum Gasteiger partial charge on any atom is -0.324 e. The van der Waals surface area contributed by atoms with Crippen LogP contribution >= 0.6 is 35.0 Å². The molecule has 0 radical (unpaired) electrons. The summed E-state index contributed by atoms with van der Waals surface area (Å²) < 4.78 is 2.05. The van der Waals surface area contributed by atoms with Gasteiger partial charge in [0, 0.05) is 5.69 Å². The number of carbonyl (C=O) groups is 1. The summed E-state index contributed by atoms with van der Waals surface area (Å²) in [6, 6.07) is 15.2. The number of piperidine rings is 1. The fourth-order valence-electron chi connectivity index (χ4n) is 3.68. The lowest BCUT2D eigenvalue weighted by atomic mass is 10.1. The van der Waals surface area contributed by atoms with Gasteiger partial charge in [0.25, 0.3) is 0 Å². The molecule has 1 aliphatic rings. The molecule has 0 aliphatic carbocycles. The van der Waals surface area contributed by atoms with Crippen molar-refractivity contribution in [2.45, 2.75) is 43.1 Å². The standard InChI is InChI=1S/C23H25Cl2N5OS/c1-16(22(31)26-19-12-8-11-18(24)21(19)25)32-23-28-27-20(15-29-13-6-3-7-14-29)30(23)17-9-4-2-5-10-17/h2,4-5,8-12,16H,3,6-7,13-15H2,1H3,(H,26,31). The average Bonchev–Trinajstić information content (AvgIpc) is 3.19. The van der Waals surface area contributed by atoms with Gasteiger partial charge in [-0.2, -0.15) is 0 Å². The maximum atomic E-state index is 12.9. The highest BCUT2D eigenvalue weighted by molar-refractivity contribution is 8.00. The molecule has 1 atom stereocenters. The van der Waals surface area contributed by atoms with Crippen LogP contribution in [0.25, 0.3) is 5.69 Å². The number of nitrogens with zero attached hydrogens (tertiary/aromatic N) is 4. The number of anilines is 1. The maximum absolute atomic E-state index is 12.9. The normalized spacial score (nSPS) is 15.5. The zero-order valence-electron chi connectivity index (χ0n) is 17.8. The molecular formula is C23H25Cl2N5OS. The van der Waals surface area contributed by atoms with Gasteiger partial charge < -0.3 is 5.32 Å². The molecule has 1 N–H and O–H groups in total. The monoisotopic (exact) mass is 489 g/mol. The Hall–Kier alpha value is -2.06. The van der Waals surface area contributed by atoms with Crippen LogP contribution in [-0.4, -0.2) is 43.9 Å². The number of carbonyl (C=O) groups excluding carboxylic acids is 1. The molecule has 1 amide bonds. The Morgan fingerprint density at radius 3 is 2.56 bits per heavy atom. The number of benzene rings is 2. The Bertz CT molecular complexity index is 1070. The van der Waals surface area contributed by atoms with E-state index >= 15 is 0 Å². The van der Waals surface area contributed by atoms with Crippen LogP contribution in [0.5, 0.6) is 0 Å². The van der Waals surface area contributed by atoms with E-state index in [-0.39, 0.29) is 5.91 Å². The predicted octanol–water partition coefficient (Wildman–Crippen LogP) is 5.68. The van der Waals surface area contributed by atoms with Crippen molar-refractivity contribution in [3.05, 3.63) is 64.4 Å². The molecule has 32 heavy (non-hydrogen) atoms. The number of amides is 1. The number of rotatable bonds is 7. The average molecular weight is 490 g/mol. The zero-order valence-corrected chi connectivity index (χ0v) is 20.1. The summed E-state index contributed by atoms with van der Waals surface area (Å²) in [4.78, 5) is 15.3. The molecule has 0 bridgehead atoms. The first-order chi connectivity index (χ1) is 15.5. The predicted molar refractivity (Wildman–Crippen MR) is 131 cm³/mol. The Kier molecular flexibility index (Phi) is 7.73. The molecule has 1 aromatic heterocycles. The van der Waals surface area contributed by atoms with Gasteiger partial charge in [0.15, 0.2) is 11.0 Å². The van der Waals surface area contributed by atoms with E-state index in [2.05, 4.69) is 25.0 Å². The van der Waals surface area contributed by atoms with E-state index in [1.165, 1.54) is 31.0 Å². The second-order valence-electron chi connectivity index (χ2n) is 7.76. The fraction of sp³-hybridized carbons (Fsp3) is 0.348. The summed E-state index contributed by atoms with van der Waals surface area (Å²) in [5.41, 5.74) is 1.48. The number of likely N-dealkylation sites (tertiary alicyclic amines) is 1. The minimum atomic E-state index is -0.417. The van der Waals surface area contributed by atoms with Gasteiger partial charge in [-0.3, -0.25) is 14.3 Å². The van der Waals surface area contributed by atoms with Crippen LogP contribution < -0.4 is 5.32 Å². The molecular weight excluding hydrogens is 465 g/mol. The topological polar surface area (TPSA) is 63.1 Å². The van der Waals surface area contributed by atoms with Crippen molar-refractivity contribution >= 4 is 46.6 Å². The molecule has 1 fully saturated rings.